The first-order valence-electron chi connectivity index (χ1n) is 4.72. The Morgan fingerprint density at radius 3 is 2.58 bits per heavy atom. The summed E-state index contributed by atoms with van der Waals surface area (Å²) in [5.41, 5.74) is 1.33. The molecule has 0 spiro atoms. The van der Waals surface area contributed by atoms with E-state index >= 15 is 0 Å². The van der Waals surface area contributed by atoms with E-state index in [0.717, 1.165) is 5.92 Å². The molecule has 0 aliphatic heterocycles. The average molecular weight is 169 g/mol. The van der Waals surface area contributed by atoms with E-state index < -0.39 is 0 Å². The zero-order valence-electron chi connectivity index (χ0n) is 8.81. The van der Waals surface area contributed by atoms with Crippen LogP contribution in [0.15, 0.2) is 5.57 Å². The zero-order chi connectivity index (χ0) is 9.40. The van der Waals surface area contributed by atoms with E-state index in [0.29, 0.717) is 6.61 Å². The summed E-state index contributed by atoms with van der Waals surface area (Å²) in [5, 5.41) is 0. The van der Waals surface area contributed by atoms with E-state index in [2.05, 4.69) is 26.8 Å². The van der Waals surface area contributed by atoms with Crippen LogP contribution < -0.4 is 0 Å². The van der Waals surface area contributed by atoms with E-state index in [1.54, 1.807) is 7.11 Å². The molecule has 0 aliphatic rings. The Balaban J connectivity index is 3.36. The van der Waals surface area contributed by atoms with Gasteiger partial charge in [0.2, 0.25) is 0 Å². The highest BCUT2D eigenvalue weighted by Crippen LogP contribution is 2.10. The normalized spacial score (nSPS) is 11.9. The second-order valence-corrected chi connectivity index (χ2v) is 3.68. The summed E-state index contributed by atoms with van der Waals surface area (Å²) in [4.78, 5) is 0. The third kappa shape index (κ3) is 7.71. The van der Waals surface area contributed by atoms with Gasteiger partial charge in [0.05, 0.1) is 0 Å². The molecule has 0 bridgehead atoms. The van der Waals surface area contributed by atoms with Crippen molar-refractivity contribution in [3.8, 4) is 0 Å². The molecular formula is C11H21O+. The van der Waals surface area contributed by atoms with Gasteiger partial charge < -0.3 is 4.74 Å². The highest BCUT2D eigenvalue weighted by atomic mass is 16.5. The molecule has 70 valence electrons. The minimum absolute atomic E-state index is 0.632. The van der Waals surface area contributed by atoms with Crippen LogP contribution in [0.1, 0.15) is 40.0 Å². The van der Waals surface area contributed by atoms with Crippen LogP contribution in [0.25, 0.3) is 0 Å². The molecule has 0 fully saturated rings. The fourth-order valence-corrected chi connectivity index (χ4v) is 1.06. The van der Waals surface area contributed by atoms with Crippen LogP contribution in [0.2, 0.25) is 0 Å². The standard InChI is InChI=1S/C11H21O/c1-10(2)6-5-7-11(3)8-9-12-4/h10H,5-7,9H2,1-4H3/q+1. The second-order valence-electron chi connectivity index (χ2n) is 3.68. The topological polar surface area (TPSA) is 9.23 Å². The molecule has 0 saturated heterocycles. The maximum Gasteiger partial charge on any atom is 0.266 e. The van der Waals surface area contributed by atoms with Crippen LogP contribution in [0.5, 0.6) is 0 Å². The number of allylic oxidation sites excluding steroid dienone is 1. The lowest BCUT2D eigenvalue weighted by molar-refractivity contribution is 0.228. The van der Waals surface area contributed by atoms with Crippen LogP contribution in [0, 0.1) is 12.0 Å². The molecule has 0 N–H and O–H groups in total. The first-order valence-corrected chi connectivity index (χ1v) is 4.72. The van der Waals surface area contributed by atoms with Crippen molar-refractivity contribution in [1.29, 1.82) is 0 Å². The summed E-state index contributed by atoms with van der Waals surface area (Å²) in [7, 11) is 1.70. The number of ether oxygens (including phenoxy) is 1. The predicted molar refractivity (Wildman–Crippen MR) is 53.0 cm³/mol. The van der Waals surface area contributed by atoms with E-state index in [1.807, 2.05) is 0 Å². The highest BCUT2D eigenvalue weighted by Gasteiger charge is 2.03. The zero-order valence-corrected chi connectivity index (χ0v) is 8.81. The smallest absolute Gasteiger partial charge is 0.266 e. The van der Waals surface area contributed by atoms with Gasteiger partial charge in [-0.2, -0.15) is 0 Å². The molecule has 0 unspecified atom stereocenters. The lowest BCUT2D eigenvalue weighted by atomic mass is 10.0. The van der Waals surface area contributed by atoms with E-state index in [4.69, 9.17) is 4.74 Å². The molecule has 0 rings (SSSR count). The van der Waals surface area contributed by atoms with Crippen LogP contribution >= 0.6 is 0 Å². The van der Waals surface area contributed by atoms with Gasteiger partial charge >= 0.3 is 0 Å². The number of methoxy groups -OCH3 is 1. The summed E-state index contributed by atoms with van der Waals surface area (Å²) >= 11 is 0. The van der Waals surface area contributed by atoms with Crippen LogP contribution in [0.3, 0.4) is 0 Å². The van der Waals surface area contributed by atoms with Crippen molar-refractivity contribution >= 4 is 0 Å². The first kappa shape index (κ1) is 11.6. The molecule has 0 saturated carbocycles. The lowest BCUT2D eigenvalue weighted by Gasteiger charge is -2.00. The van der Waals surface area contributed by atoms with Gasteiger partial charge in [-0.25, -0.2) is 0 Å². The largest absolute Gasteiger partial charge is 0.335 e. The van der Waals surface area contributed by atoms with Crippen molar-refractivity contribution in [1.82, 2.24) is 0 Å². The molecule has 0 aromatic rings. The van der Waals surface area contributed by atoms with Gasteiger partial charge in [-0.05, 0) is 12.3 Å². The van der Waals surface area contributed by atoms with Crippen molar-refractivity contribution in [3.63, 3.8) is 0 Å². The van der Waals surface area contributed by atoms with Gasteiger partial charge in [0.25, 0.3) is 12.7 Å². The Morgan fingerprint density at radius 2 is 2.08 bits per heavy atom. The lowest BCUT2D eigenvalue weighted by Crippen LogP contribution is -1.90. The summed E-state index contributed by atoms with van der Waals surface area (Å²) < 4.78 is 4.91. The maximum atomic E-state index is 4.91. The molecule has 0 atom stereocenters. The van der Waals surface area contributed by atoms with E-state index in [9.17, 15) is 0 Å². The third-order valence-corrected chi connectivity index (χ3v) is 1.85. The quantitative estimate of drug-likeness (QED) is 0.555. The van der Waals surface area contributed by atoms with Gasteiger partial charge in [-0.15, -0.1) is 0 Å². The molecule has 0 aromatic carbocycles. The first-order chi connectivity index (χ1) is 5.66. The Hall–Kier alpha value is -0.390. The minimum Gasteiger partial charge on any atom is -0.335 e. The molecule has 1 heteroatoms. The molecule has 0 radical (unpaired) electrons. The molecule has 0 aliphatic carbocycles. The minimum atomic E-state index is 0.632. The second kappa shape index (κ2) is 7.27. The summed E-state index contributed by atoms with van der Waals surface area (Å²) in [6.07, 6.45) is 6.96. The van der Waals surface area contributed by atoms with Gasteiger partial charge in [0.1, 0.15) is 0 Å². The van der Waals surface area contributed by atoms with Crippen molar-refractivity contribution in [2.75, 3.05) is 13.7 Å². The molecule has 0 amide bonds. The number of hydrogen-bond acceptors (Lipinski definition) is 1. The van der Waals surface area contributed by atoms with E-state index in [1.165, 1.54) is 24.8 Å². The summed E-state index contributed by atoms with van der Waals surface area (Å²) in [5.74, 6) is 0.820. The number of rotatable bonds is 6. The summed E-state index contributed by atoms with van der Waals surface area (Å²) in [6.45, 7) is 7.28. The fourth-order valence-electron chi connectivity index (χ4n) is 1.06. The Bertz CT molecular complexity index is 125. The monoisotopic (exact) mass is 169 g/mol. The summed E-state index contributed by atoms with van der Waals surface area (Å²) in [6, 6.07) is 0. The Kier molecular flexibility index (Phi) is 7.03. The van der Waals surface area contributed by atoms with Crippen LogP contribution in [-0.2, 0) is 4.74 Å². The van der Waals surface area contributed by atoms with Gasteiger partial charge in [0, 0.05) is 20.5 Å². The van der Waals surface area contributed by atoms with Gasteiger partial charge in [-0.1, -0.05) is 20.3 Å². The SMILES string of the molecule is COC[C+]=C(C)CCCC(C)C. The van der Waals surface area contributed by atoms with Crippen molar-refractivity contribution < 1.29 is 4.74 Å². The molecule has 0 aromatic heterocycles. The predicted octanol–water partition coefficient (Wildman–Crippen LogP) is 3.21. The van der Waals surface area contributed by atoms with Crippen LogP contribution in [0.4, 0.5) is 0 Å². The Labute approximate surface area is 76.8 Å². The van der Waals surface area contributed by atoms with E-state index in [-0.39, 0.29) is 0 Å². The average Bonchev–Trinajstić information content (AvgIpc) is 2.00. The van der Waals surface area contributed by atoms with Crippen molar-refractivity contribution in [3.05, 3.63) is 11.6 Å². The van der Waals surface area contributed by atoms with Crippen molar-refractivity contribution in [2.45, 2.75) is 40.0 Å². The highest BCUT2D eigenvalue weighted by molar-refractivity contribution is 4.91. The molecule has 12 heavy (non-hydrogen) atoms. The molecular weight excluding hydrogens is 148 g/mol. The third-order valence-electron chi connectivity index (χ3n) is 1.85. The van der Waals surface area contributed by atoms with Crippen molar-refractivity contribution in [2.24, 2.45) is 5.92 Å². The maximum absolute atomic E-state index is 4.91. The fraction of sp³-hybridized carbons (Fsp3) is 0.818. The van der Waals surface area contributed by atoms with Crippen LogP contribution in [-0.4, -0.2) is 13.7 Å². The Morgan fingerprint density at radius 1 is 1.42 bits per heavy atom. The molecule has 1 nitrogen and oxygen atoms in total. The molecule has 0 heterocycles. The van der Waals surface area contributed by atoms with Gasteiger partial charge in [0.15, 0.2) is 5.57 Å². The van der Waals surface area contributed by atoms with Gasteiger partial charge in [-0.3, -0.25) is 0 Å². The number of hydrogen-bond donors (Lipinski definition) is 0.